The van der Waals surface area contributed by atoms with Crippen LogP contribution in [0.3, 0.4) is 0 Å². The third kappa shape index (κ3) is 2.89. The van der Waals surface area contributed by atoms with Gasteiger partial charge < -0.3 is 4.90 Å². The van der Waals surface area contributed by atoms with Gasteiger partial charge in [-0.3, -0.25) is 4.79 Å². The number of rotatable bonds is 3. The molecule has 1 N–H and O–H groups in total. The zero-order chi connectivity index (χ0) is 15.7. The highest BCUT2D eigenvalue weighted by Crippen LogP contribution is 2.29. The molecule has 22 heavy (non-hydrogen) atoms. The molecule has 0 aliphatic carbocycles. The summed E-state index contributed by atoms with van der Waals surface area (Å²) in [4.78, 5) is 14.8. The van der Waals surface area contributed by atoms with Crippen LogP contribution in [-0.4, -0.2) is 44.3 Å². The maximum atomic E-state index is 12.5. The number of sulfonamides is 1. The van der Waals surface area contributed by atoms with E-state index in [1.165, 1.54) is 7.05 Å². The Morgan fingerprint density at radius 3 is 2.91 bits per heavy atom. The molecular formula is C15H20N2O3S2. The van der Waals surface area contributed by atoms with Crippen molar-refractivity contribution in [3.8, 4) is 0 Å². The van der Waals surface area contributed by atoms with Crippen molar-refractivity contribution in [2.45, 2.75) is 24.3 Å². The van der Waals surface area contributed by atoms with Gasteiger partial charge in [0.25, 0.3) is 0 Å². The molecule has 2 heterocycles. The molecule has 7 heteroatoms. The lowest BCUT2D eigenvalue weighted by molar-refractivity contribution is -0.135. The molecule has 0 aromatic heterocycles. The second-order valence-corrected chi connectivity index (χ2v) is 8.68. The number of carbonyl (C=O) groups excluding carboxylic acids is 1. The summed E-state index contributed by atoms with van der Waals surface area (Å²) in [5.74, 6) is 2.33. The highest BCUT2D eigenvalue weighted by Gasteiger charge is 2.31. The van der Waals surface area contributed by atoms with Gasteiger partial charge in [0.1, 0.15) is 0 Å². The van der Waals surface area contributed by atoms with E-state index < -0.39 is 10.0 Å². The molecule has 0 bridgehead atoms. The Kier molecular flexibility index (Phi) is 4.47. The third-order valence-corrected chi connectivity index (χ3v) is 7.03. The molecule has 1 fully saturated rings. The number of amides is 1. The van der Waals surface area contributed by atoms with Gasteiger partial charge in [-0.25, -0.2) is 13.1 Å². The third-order valence-electron chi connectivity index (χ3n) is 4.37. The van der Waals surface area contributed by atoms with Crippen LogP contribution in [0.4, 0.5) is 0 Å². The van der Waals surface area contributed by atoms with Gasteiger partial charge in [-0.1, -0.05) is 12.1 Å². The Balaban J connectivity index is 1.85. The van der Waals surface area contributed by atoms with Gasteiger partial charge in [-0.15, -0.1) is 0 Å². The topological polar surface area (TPSA) is 66.5 Å². The van der Waals surface area contributed by atoms with E-state index in [-0.39, 0.29) is 11.8 Å². The Hall–Kier alpha value is -1.05. The van der Waals surface area contributed by atoms with E-state index in [4.69, 9.17) is 0 Å². The molecule has 1 aromatic rings. The number of benzene rings is 1. The molecule has 1 amide bonds. The fourth-order valence-electron chi connectivity index (χ4n) is 3.11. The SMILES string of the molecule is CNS(=O)(=O)c1cccc2c1CCN(C(=O)[C@@H]1CCSC1)C2. The average molecular weight is 340 g/mol. The van der Waals surface area contributed by atoms with E-state index >= 15 is 0 Å². The Morgan fingerprint density at radius 1 is 1.41 bits per heavy atom. The molecule has 2 aliphatic rings. The minimum atomic E-state index is -3.45. The van der Waals surface area contributed by atoms with Crippen LogP contribution in [0, 0.1) is 5.92 Å². The quantitative estimate of drug-likeness (QED) is 0.899. The second kappa shape index (κ2) is 6.22. The molecule has 1 aromatic carbocycles. The molecule has 2 aliphatic heterocycles. The van der Waals surface area contributed by atoms with E-state index in [1.807, 2.05) is 22.7 Å². The number of hydrogen-bond acceptors (Lipinski definition) is 4. The number of nitrogens with one attached hydrogen (secondary N) is 1. The zero-order valence-electron chi connectivity index (χ0n) is 12.5. The van der Waals surface area contributed by atoms with Gasteiger partial charge >= 0.3 is 0 Å². The maximum absolute atomic E-state index is 12.5. The van der Waals surface area contributed by atoms with Crippen LogP contribution in [0.2, 0.25) is 0 Å². The van der Waals surface area contributed by atoms with Crippen LogP contribution < -0.4 is 4.72 Å². The molecule has 0 spiro atoms. The Morgan fingerprint density at radius 2 is 2.23 bits per heavy atom. The predicted octanol–water partition coefficient (Wildman–Crippen LogP) is 1.23. The lowest BCUT2D eigenvalue weighted by Crippen LogP contribution is -2.40. The first-order valence-corrected chi connectivity index (χ1v) is 10.1. The monoisotopic (exact) mass is 340 g/mol. The van der Waals surface area contributed by atoms with Crippen LogP contribution in [0.25, 0.3) is 0 Å². The van der Waals surface area contributed by atoms with Crippen LogP contribution in [0.15, 0.2) is 23.1 Å². The highest BCUT2D eigenvalue weighted by atomic mass is 32.2. The van der Waals surface area contributed by atoms with Gasteiger partial charge in [0, 0.05) is 24.8 Å². The molecular weight excluding hydrogens is 320 g/mol. The van der Waals surface area contributed by atoms with Gasteiger partial charge in [-0.2, -0.15) is 11.8 Å². The molecule has 1 saturated heterocycles. The van der Waals surface area contributed by atoms with Gasteiger partial charge in [0.15, 0.2) is 0 Å². The Labute approximate surface area is 135 Å². The smallest absolute Gasteiger partial charge is 0.240 e. The van der Waals surface area contributed by atoms with Crippen LogP contribution in [-0.2, 0) is 27.8 Å². The number of thioether (sulfide) groups is 1. The van der Waals surface area contributed by atoms with Crippen molar-refractivity contribution in [1.29, 1.82) is 0 Å². The average Bonchev–Trinajstić information content (AvgIpc) is 3.07. The van der Waals surface area contributed by atoms with E-state index in [0.29, 0.717) is 24.4 Å². The number of fused-ring (bicyclic) bond motifs is 1. The lowest BCUT2D eigenvalue weighted by atomic mass is 9.98. The summed E-state index contributed by atoms with van der Waals surface area (Å²) in [5, 5.41) is 0. The summed E-state index contributed by atoms with van der Waals surface area (Å²) in [7, 11) is -2.03. The van der Waals surface area contributed by atoms with Crippen molar-refractivity contribution < 1.29 is 13.2 Å². The number of carbonyl (C=O) groups is 1. The number of nitrogens with zero attached hydrogens (tertiary/aromatic N) is 1. The first kappa shape index (κ1) is 15.8. The van der Waals surface area contributed by atoms with Crippen molar-refractivity contribution in [2.24, 2.45) is 5.92 Å². The minimum Gasteiger partial charge on any atom is -0.338 e. The molecule has 5 nitrogen and oxygen atoms in total. The molecule has 0 saturated carbocycles. The molecule has 1 atom stereocenters. The fraction of sp³-hybridized carbons (Fsp3) is 0.533. The van der Waals surface area contributed by atoms with E-state index in [9.17, 15) is 13.2 Å². The summed E-state index contributed by atoms with van der Waals surface area (Å²) in [5.41, 5.74) is 1.79. The largest absolute Gasteiger partial charge is 0.338 e. The summed E-state index contributed by atoms with van der Waals surface area (Å²) in [6.45, 7) is 1.12. The minimum absolute atomic E-state index is 0.135. The van der Waals surface area contributed by atoms with E-state index in [1.54, 1.807) is 12.1 Å². The lowest BCUT2D eigenvalue weighted by Gasteiger charge is -2.31. The summed E-state index contributed by atoms with van der Waals surface area (Å²) < 4.78 is 26.6. The van der Waals surface area contributed by atoms with Crippen molar-refractivity contribution in [1.82, 2.24) is 9.62 Å². The second-order valence-electron chi connectivity index (χ2n) is 5.67. The summed E-state index contributed by atoms with van der Waals surface area (Å²) in [6, 6.07) is 5.31. The zero-order valence-corrected chi connectivity index (χ0v) is 14.2. The van der Waals surface area contributed by atoms with Crippen molar-refractivity contribution in [3.05, 3.63) is 29.3 Å². The van der Waals surface area contributed by atoms with Crippen molar-refractivity contribution in [3.63, 3.8) is 0 Å². The van der Waals surface area contributed by atoms with Gasteiger partial charge in [0.05, 0.1) is 4.90 Å². The summed E-state index contributed by atoms with van der Waals surface area (Å²) in [6.07, 6.45) is 1.55. The van der Waals surface area contributed by atoms with Gasteiger partial charge in [-0.05, 0) is 42.8 Å². The standard InChI is InChI=1S/C15H20N2O3S2/c1-16-22(19,20)14-4-2-3-11-9-17(7-5-13(11)14)15(18)12-6-8-21-10-12/h2-4,12,16H,5-10H2,1H3/t12-/m1/s1. The first-order valence-electron chi connectivity index (χ1n) is 7.44. The molecule has 0 unspecified atom stereocenters. The highest BCUT2D eigenvalue weighted by molar-refractivity contribution is 7.99. The number of hydrogen-bond donors (Lipinski definition) is 1. The van der Waals surface area contributed by atoms with Gasteiger partial charge in [0.2, 0.25) is 15.9 Å². The van der Waals surface area contributed by atoms with Crippen molar-refractivity contribution in [2.75, 3.05) is 25.1 Å². The van der Waals surface area contributed by atoms with E-state index in [2.05, 4.69) is 4.72 Å². The van der Waals surface area contributed by atoms with Crippen molar-refractivity contribution >= 4 is 27.7 Å². The van der Waals surface area contributed by atoms with Crippen LogP contribution >= 0.6 is 11.8 Å². The van der Waals surface area contributed by atoms with E-state index in [0.717, 1.165) is 29.1 Å². The molecule has 0 radical (unpaired) electrons. The molecule has 120 valence electrons. The molecule has 3 rings (SSSR count). The normalized spacial score (nSPS) is 21.7. The Bertz CT molecular complexity index is 682. The summed E-state index contributed by atoms with van der Waals surface area (Å²) >= 11 is 1.83. The predicted molar refractivity (Wildman–Crippen MR) is 87.2 cm³/mol. The maximum Gasteiger partial charge on any atom is 0.240 e. The fourth-order valence-corrected chi connectivity index (χ4v) is 5.36. The van der Waals surface area contributed by atoms with Crippen LogP contribution in [0.1, 0.15) is 17.5 Å². The van der Waals surface area contributed by atoms with Crippen LogP contribution in [0.5, 0.6) is 0 Å². The first-order chi connectivity index (χ1) is 10.5.